The average molecular weight is 281 g/mol. The summed E-state index contributed by atoms with van der Waals surface area (Å²) in [6.07, 6.45) is 4.18. The van der Waals surface area contributed by atoms with Crippen molar-refractivity contribution >= 4 is 11.8 Å². The molecule has 0 fully saturated rings. The summed E-state index contributed by atoms with van der Waals surface area (Å²) >= 11 is 0. The highest BCUT2D eigenvalue weighted by Crippen LogP contribution is 2.18. The number of benzene rings is 2. The minimum Gasteiger partial charge on any atom is -0.355 e. The second-order valence-electron chi connectivity index (χ2n) is 4.74. The highest BCUT2D eigenvalue weighted by atomic mass is 16.5. The van der Waals surface area contributed by atoms with Gasteiger partial charge in [0.2, 0.25) is 0 Å². The molecule has 0 radical (unpaired) electrons. The fraction of sp³-hybridized carbons (Fsp3) is 0.263. The van der Waals surface area contributed by atoms with E-state index in [1.165, 1.54) is 11.3 Å². The molecule has 0 saturated heterocycles. The molecule has 0 N–H and O–H groups in total. The summed E-state index contributed by atoms with van der Waals surface area (Å²) < 4.78 is 5.91. The van der Waals surface area contributed by atoms with Crippen LogP contribution in [0.2, 0.25) is 0 Å². The SMILES string of the molecule is CCOC(C=Cc1ccccc1)N(CC)c1ccccc1. The van der Waals surface area contributed by atoms with E-state index in [-0.39, 0.29) is 6.23 Å². The monoisotopic (exact) mass is 281 g/mol. The van der Waals surface area contributed by atoms with E-state index in [9.17, 15) is 0 Å². The van der Waals surface area contributed by atoms with Crippen LogP contribution < -0.4 is 4.90 Å². The average Bonchev–Trinajstić information content (AvgIpc) is 2.55. The van der Waals surface area contributed by atoms with E-state index in [0.29, 0.717) is 6.61 Å². The molecule has 0 bridgehead atoms. The van der Waals surface area contributed by atoms with Crippen LogP contribution in [0.15, 0.2) is 66.7 Å². The van der Waals surface area contributed by atoms with Gasteiger partial charge in [-0.05, 0) is 37.6 Å². The molecule has 2 nitrogen and oxygen atoms in total. The van der Waals surface area contributed by atoms with Crippen molar-refractivity contribution in [2.75, 3.05) is 18.1 Å². The van der Waals surface area contributed by atoms with Gasteiger partial charge in [-0.1, -0.05) is 54.6 Å². The van der Waals surface area contributed by atoms with Crippen molar-refractivity contribution in [2.45, 2.75) is 20.1 Å². The summed E-state index contributed by atoms with van der Waals surface area (Å²) in [6.45, 7) is 5.76. The standard InChI is InChI=1S/C19H23NO/c1-3-20(18-13-9-6-10-14-18)19(21-4-2)16-15-17-11-7-5-8-12-17/h5-16,19H,3-4H2,1-2H3. The zero-order valence-corrected chi connectivity index (χ0v) is 12.8. The van der Waals surface area contributed by atoms with Gasteiger partial charge in [0.1, 0.15) is 6.23 Å². The Balaban J connectivity index is 2.19. The van der Waals surface area contributed by atoms with Crippen LogP contribution in [0.1, 0.15) is 19.4 Å². The predicted octanol–water partition coefficient (Wildman–Crippen LogP) is 4.59. The molecular formula is C19H23NO. The molecule has 2 aromatic rings. The molecule has 110 valence electrons. The third-order valence-electron chi connectivity index (χ3n) is 3.33. The van der Waals surface area contributed by atoms with Crippen LogP contribution in [0.4, 0.5) is 5.69 Å². The van der Waals surface area contributed by atoms with Crippen molar-refractivity contribution in [1.29, 1.82) is 0 Å². The first kappa shape index (κ1) is 15.3. The van der Waals surface area contributed by atoms with Crippen LogP contribution in [0.3, 0.4) is 0 Å². The summed E-state index contributed by atoms with van der Waals surface area (Å²) in [5.74, 6) is 0. The van der Waals surface area contributed by atoms with E-state index in [4.69, 9.17) is 4.74 Å². The van der Waals surface area contributed by atoms with E-state index in [0.717, 1.165) is 6.54 Å². The van der Waals surface area contributed by atoms with Crippen molar-refractivity contribution in [2.24, 2.45) is 0 Å². The van der Waals surface area contributed by atoms with Gasteiger partial charge in [-0.2, -0.15) is 0 Å². The third kappa shape index (κ3) is 4.47. The smallest absolute Gasteiger partial charge is 0.149 e. The van der Waals surface area contributed by atoms with Gasteiger partial charge in [0, 0.05) is 18.8 Å². The molecule has 0 aliphatic carbocycles. The minimum atomic E-state index is -0.0531. The lowest BCUT2D eigenvalue weighted by molar-refractivity contribution is 0.0945. The second-order valence-corrected chi connectivity index (χ2v) is 4.74. The van der Waals surface area contributed by atoms with Gasteiger partial charge >= 0.3 is 0 Å². The van der Waals surface area contributed by atoms with Crippen molar-refractivity contribution in [3.05, 3.63) is 72.3 Å². The number of para-hydroxylation sites is 1. The number of anilines is 1. The first-order valence-electron chi connectivity index (χ1n) is 7.51. The van der Waals surface area contributed by atoms with E-state index in [1.54, 1.807) is 0 Å². The lowest BCUT2D eigenvalue weighted by atomic mass is 10.2. The maximum atomic E-state index is 5.91. The number of ether oxygens (including phenoxy) is 1. The first-order valence-corrected chi connectivity index (χ1v) is 7.51. The third-order valence-corrected chi connectivity index (χ3v) is 3.33. The lowest BCUT2D eigenvalue weighted by Gasteiger charge is -2.30. The molecule has 0 heterocycles. The Morgan fingerprint density at radius 3 is 2.14 bits per heavy atom. The Hall–Kier alpha value is -2.06. The van der Waals surface area contributed by atoms with Gasteiger partial charge in [-0.15, -0.1) is 0 Å². The van der Waals surface area contributed by atoms with Crippen LogP contribution in [0.25, 0.3) is 6.08 Å². The summed E-state index contributed by atoms with van der Waals surface area (Å²) in [7, 11) is 0. The van der Waals surface area contributed by atoms with Gasteiger partial charge in [-0.3, -0.25) is 0 Å². The summed E-state index contributed by atoms with van der Waals surface area (Å²) in [6, 6.07) is 20.7. The molecule has 0 aromatic heterocycles. The number of hydrogen-bond acceptors (Lipinski definition) is 2. The maximum absolute atomic E-state index is 5.91. The van der Waals surface area contributed by atoms with E-state index in [2.05, 4.69) is 60.4 Å². The molecular weight excluding hydrogens is 258 g/mol. The Morgan fingerprint density at radius 2 is 1.57 bits per heavy atom. The lowest BCUT2D eigenvalue weighted by Crippen LogP contribution is -2.35. The highest BCUT2D eigenvalue weighted by Gasteiger charge is 2.14. The second kappa shape index (κ2) is 8.28. The highest BCUT2D eigenvalue weighted by molar-refractivity contribution is 5.53. The Bertz CT molecular complexity index is 536. The van der Waals surface area contributed by atoms with Gasteiger partial charge in [0.05, 0.1) is 0 Å². The number of rotatable bonds is 7. The Morgan fingerprint density at radius 1 is 0.952 bits per heavy atom. The van der Waals surface area contributed by atoms with E-state index in [1.807, 2.05) is 31.2 Å². The van der Waals surface area contributed by atoms with Crippen molar-refractivity contribution in [1.82, 2.24) is 0 Å². The largest absolute Gasteiger partial charge is 0.355 e. The summed E-state index contributed by atoms with van der Waals surface area (Å²) in [5.41, 5.74) is 2.36. The van der Waals surface area contributed by atoms with Crippen LogP contribution in [-0.2, 0) is 4.74 Å². The van der Waals surface area contributed by atoms with Crippen LogP contribution >= 0.6 is 0 Å². The molecule has 0 saturated carbocycles. The van der Waals surface area contributed by atoms with Gasteiger partial charge in [0.25, 0.3) is 0 Å². The maximum Gasteiger partial charge on any atom is 0.149 e. The fourth-order valence-corrected chi connectivity index (χ4v) is 2.31. The number of likely N-dealkylation sites (N-methyl/N-ethyl adjacent to an activating group) is 1. The van der Waals surface area contributed by atoms with Crippen molar-refractivity contribution in [3.8, 4) is 0 Å². The number of hydrogen-bond donors (Lipinski definition) is 0. The molecule has 2 heteroatoms. The van der Waals surface area contributed by atoms with Crippen molar-refractivity contribution in [3.63, 3.8) is 0 Å². The minimum absolute atomic E-state index is 0.0531. The number of nitrogens with zero attached hydrogens (tertiary/aromatic N) is 1. The fourth-order valence-electron chi connectivity index (χ4n) is 2.31. The Kier molecular flexibility index (Phi) is 6.04. The topological polar surface area (TPSA) is 12.5 Å². The Labute approximate surface area is 127 Å². The molecule has 21 heavy (non-hydrogen) atoms. The molecule has 0 amide bonds. The van der Waals surface area contributed by atoms with Gasteiger partial charge in [-0.25, -0.2) is 0 Å². The molecule has 0 spiro atoms. The van der Waals surface area contributed by atoms with Gasteiger partial charge < -0.3 is 9.64 Å². The molecule has 0 aliphatic rings. The quantitative estimate of drug-likeness (QED) is 0.688. The first-order chi connectivity index (χ1) is 10.3. The van der Waals surface area contributed by atoms with Crippen LogP contribution in [-0.4, -0.2) is 19.4 Å². The van der Waals surface area contributed by atoms with Crippen LogP contribution in [0.5, 0.6) is 0 Å². The molecule has 0 aliphatic heterocycles. The molecule has 1 unspecified atom stereocenters. The zero-order valence-electron chi connectivity index (χ0n) is 12.8. The molecule has 1 atom stereocenters. The van der Waals surface area contributed by atoms with Crippen LogP contribution in [0, 0.1) is 0 Å². The predicted molar refractivity (Wildman–Crippen MR) is 90.4 cm³/mol. The van der Waals surface area contributed by atoms with E-state index >= 15 is 0 Å². The van der Waals surface area contributed by atoms with Crippen molar-refractivity contribution < 1.29 is 4.74 Å². The molecule has 2 rings (SSSR count). The summed E-state index contributed by atoms with van der Waals surface area (Å²) in [4.78, 5) is 2.25. The van der Waals surface area contributed by atoms with E-state index < -0.39 is 0 Å². The zero-order chi connectivity index (χ0) is 14.9. The summed E-state index contributed by atoms with van der Waals surface area (Å²) in [5, 5.41) is 0. The molecule has 2 aromatic carbocycles. The normalized spacial score (nSPS) is 12.5. The van der Waals surface area contributed by atoms with Gasteiger partial charge in [0.15, 0.2) is 0 Å².